The van der Waals surface area contributed by atoms with E-state index in [4.69, 9.17) is 22.5 Å². The van der Waals surface area contributed by atoms with E-state index < -0.39 is 68.5 Å². The number of carbonyl (C=O) groups is 4. The van der Waals surface area contributed by atoms with Crippen LogP contribution in [0.4, 0.5) is 0 Å². The first kappa shape index (κ1) is 7.61. The Morgan fingerprint density at radius 1 is 1.20 bits per heavy atom. The highest BCUT2D eigenvalue weighted by Gasteiger charge is 2.47. The average molecular weight is 299 g/mol. The molecular formula is C12H18O8. The summed E-state index contributed by atoms with van der Waals surface area (Å²) in [6.07, 6.45) is -11.0. The molecule has 20 heavy (non-hydrogen) atoms. The lowest BCUT2D eigenvalue weighted by Gasteiger charge is -2.27. The lowest BCUT2D eigenvalue weighted by atomic mass is 9.95. The molecule has 0 fully saturated rings. The van der Waals surface area contributed by atoms with Crippen LogP contribution in [0.3, 0.4) is 0 Å². The van der Waals surface area contributed by atoms with E-state index in [1.165, 1.54) is 0 Å². The van der Waals surface area contributed by atoms with Gasteiger partial charge in [-0.15, -0.1) is 0 Å². The van der Waals surface area contributed by atoms with E-state index in [2.05, 4.69) is 9.47 Å². The molecule has 0 spiro atoms. The van der Waals surface area contributed by atoms with Crippen LogP contribution in [0.15, 0.2) is 0 Å². The fraction of sp³-hybridized carbons (Fsp3) is 0.667. The van der Waals surface area contributed by atoms with Crippen LogP contribution in [-0.2, 0) is 28.7 Å². The largest absolute Gasteiger partial charge is 0.481 e. The molecular weight excluding hydrogens is 272 g/mol. The molecule has 0 aliphatic carbocycles. The SMILES string of the molecule is [2H]C([2H])([2H])C([2H])([2H])C([2H])([2H])C([2H])([2H])OC(=O)C(CC(=O)O)(CC(=O)O)OC(C)=O. The molecule has 0 atom stereocenters. The second-order valence-corrected chi connectivity index (χ2v) is 3.47. The maximum absolute atomic E-state index is 12.4. The van der Waals surface area contributed by atoms with E-state index in [0.29, 0.717) is 6.92 Å². The van der Waals surface area contributed by atoms with Gasteiger partial charge < -0.3 is 19.7 Å². The zero-order valence-electron chi connectivity index (χ0n) is 19.3. The number of carboxylic acid groups (broad SMARTS) is 2. The van der Waals surface area contributed by atoms with Crippen molar-refractivity contribution in [2.75, 3.05) is 6.56 Å². The molecule has 0 rings (SSSR count). The maximum Gasteiger partial charge on any atom is 0.351 e. The lowest BCUT2D eigenvalue weighted by Crippen LogP contribution is -2.47. The van der Waals surface area contributed by atoms with Crippen molar-refractivity contribution in [2.45, 2.75) is 45.0 Å². The highest BCUT2D eigenvalue weighted by Crippen LogP contribution is 2.24. The standard InChI is InChI=1S/C12H18O8/c1-3-4-5-19-11(18)12(6-9(14)15,7-10(16)17)20-8(2)13/h3-7H2,1-2H3,(H,14,15)(H,16,17)/i1D3,3D2,4D2,5D2. The van der Waals surface area contributed by atoms with Crippen molar-refractivity contribution in [3.05, 3.63) is 0 Å². The van der Waals surface area contributed by atoms with Crippen LogP contribution in [0.5, 0.6) is 0 Å². The van der Waals surface area contributed by atoms with Gasteiger partial charge >= 0.3 is 23.9 Å². The van der Waals surface area contributed by atoms with Gasteiger partial charge in [-0.25, -0.2) is 4.79 Å². The highest BCUT2D eigenvalue weighted by molar-refractivity contribution is 5.91. The number of hydrogen-bond acceptors (Lipinski definition) is 6. The van der Waals surface area contributed by atoms with E-state index >= 15 is 0 Å². The quantitative estimate of drug-likeness (QED) is 0.592. The lowest BCUT2D eigenvalue weighted by molar-refractivity contribution is -0.188. The predicted molar refractivity (Wildman–Crippen MR) is 64.9 cm³/mol. The Balaban J connectivity index is 6.26. The minimum atomic E-state index is -4.05. The number of carboxylic acids is 2. The van der Waals surface area contributed by atoms with E-state index in [0.717, 1.165) is 0 Å². The highest BCUT2D eigenvalue weighted by atomic mass is 16.6. The maximum atomic E-state index is 12.4. The monoisotopic (exact) mass is 299 g/mol. The summed E-state index contributed by atoms with van der Waals surface area (Å²) in [4.78, 5) is 45.8. The summed E-state index contributed by atoms with van der Waals surface area (Å²) < 4.78 is 74.7. The van der Waals surface area contributed by atoms with E-state index in [1.54, 1.807) is 0 Å². The van der Waals surface area contributed by atoms with Crippen LogP contribution in [0.25, 0.3) is 0 Å². The topological polar surface area (TPSA) is 127 Å². The third-order valence-electron chi connectivity index (χ3n) is 1.84. The van der Waals surface area contributed by atoms with Gasteiger partial charge in [-0.1, -0.05) is 13.2 Å². The van der Waals surface area contributed by atoms with Gasteiger partial charge in [0.05, 0.1) is 22.1 Å². The van der Waals surface area contributed by atoms with Crippen molar-refractivity contribution < 1.29 is 51.2 Å². The molecule has 0 aromatic heterocycles. The van der Waals surface area contributed by atoms with E-state index in [-0.39, 0.29) is 0 Å². The van der Waals surface area contributed by atoms with Crippen molar-refractivity contribution >= 4 is 23.9 Å². The van der Waals surface area contributed by atoms with E-state index in [1.807, 2.05) is 0 Å². The van der Waals surface area contributed by atoms with Crippen LogP contribution in [0.1, 0.15) is 51.7 Å². The first-order valence-corrected chi connectivity index (χ1v) is 4.99. The third kappa shape index (κ3) is 6.17. The Kier molecular flexibility index (Phi) is 3.09. The predicted octanol–water partition coefficient (Wildman–Crippen LogP) is 0.581. The van der Waals surface area contributed by atoms with Gasteiger partial charge in [0.2, 0.25) is 5.60 Å². The molecule has 0 bridgehead atoms. The Morgan fingerprint density at radius 2 is 1.75 bits per heavy atom. The molecule has 0 aromatic rings. The van der Waals surface area contributed by atoms with Crippen LogP contribution in [0, 0.1) is 0 Å². The number of hydrogen-bond donors (Lipinski definition) is 2. The van der Waals surface area contributed by atoms with E-state index in [9.17, 15) is 19.2 Å². The van der Waals surface area contributed by atoms with Gasteiger partial charge in [0.25, 0.3) is 0 Å². The molecule has 0 unspecified atom stereocenters. The fourth-order valence-corrected chi connectivity index (χ4v) is 1.27. The molecule has 0 radical (unpaired) electrons. The third-order valence-corrected chi connectivity index (χ3v) is 1.84. The zero-order chi connectivity index (χ0) is 23.6. The smallest absolute Gasteiger partial charge is 0.351 e. The van der Waals surface area contributed by atoms with Gasteiger partial charge in [-0.3, -0.25) is 14.4 Å². The van der Waals surface area contributed by atoms with Crippen LogP contribution >= 0.6 is 0 Å². The molecule has 0 saturated carbocycles. The van der Waals surface area contributed by atoms with Gasteiger partial charge in [0.1, 0.15) is 0 Å². The minimum Gasteiger partial charge on any atom is -0.481 e. The van der Waals surface area contributed by atoms with Crippen molar-refractivity contribution in [1.82, 2.24) is 0 Å². The number of aliphatic carboxylic acids is 2. The summed E-state index contributed by atoms with van der Waals surface area (Å²) >= 11 is 0. The molecule has 8 heteroatoms. The summed E-state index contributed by atoms with van der Waals surface area (Å²) in [7, 11) is 0. The van der Waals surface area contributed by atoms with Crippen LogP contribution < -0.4 is 0 Å². The second-order valence-electron chi connectivity index (χ2n) is 3.47. The van der Waals surface area contributed by atoms with Crippen molar-refractivity contribution in [3.63, 3.8) is 0 Å². The zero-order valence-corrected chi connectivity index (χ0v) is 10.3. The first-order valence-electron chi connectivity index (χ1n) is 9.49. The average Bonchev–Trinajstić information content (AvgIpc) is 2.42. The number of carbonyl (C=O) groups excluding carboxylic acids is 2. The van der Waals surface area contributed by atoms with Gasteiger partial charge in [0, 0.05) is 16.5 Å². The molecule has 0 heterocycles. The Hall–Kier alpha value is -2.12. The Labute approximate surface area is 128 Å². The van der Waals surface area contributed by atoms with Crippen LogP contribution in [0.2, 0.25) is 0 Å². The van der Waals surface area contributed by atoms with Crippen molar-refractivity contribution in [1.29, 1.82) is 0 Å². The molecule has 0 saturated heterocycles. The van der Waals surface area contributed by atoms with Crippen LogP contribution in [-0.4, -0.2) is 46.3 Å². The fourth-order valence-electron chi connectivity index (χ4n) is 1.27. The van der Waals surface area contributed by atoms with Gasteiger partial charge in [-0.2, -0.15) is 0 Å². The molecule has 0 aromatic carbocycles. The summed E-state index contributed by atoms with van der Waals surface area (Å²) in [5.41, 5.74) is -3.13. The normalized spacial score (nSPS) is 20.1. The number of rotatable bonds is 9. The van der Waals surface area contributed by atoms with Crippen molar-refractivity contribution in [3.8, 4) is 0 Å². The van der Waals surface area contributed by atoms with Gasteiger partial charge in [0.15, 0.2) is 0 Å². The summed E-state index contributed by atoms with van der Waals surface area (Å²) in [5.74, 6) is -7.25. The number of ether oxygens (including phenoxy) is 2. The number of esters is 2. The Bertz CT molecular complexity index is 645. The van der Waals surface area contributed by atoms with Crippen molar-refractivity contribution in [2.24, 2.45) is 0 Å². The molecule has 114 valence electrons. The molecule has 2 N–H and O–H groups in total. The van der Waals surface area contributed by atoms with Gasteiger partial charge in [-0.05, 0) is 6.37 Å². The Morgan fingerprint density at radius 3 is 2.15 bits per heavy atom. The minimum absolute atomic E-state index is 0.674. The summed E-state index contributed by atoms with van der Waals surface area (Å²) in [6, 6.07) is 0. The second kappa shape index (κ2) is 8.13. The molecule has 0 aliphatic heterocycles. The molecule has 8 nitrogen and oxygen atoms in total. The molecule has 0 aliphatic rings. The first-order chi connectivity index (χ1) is 12.6. The summed E-state index contributed by atoms with van der Waals surface area (Å²) in [5, 5.41) is 17.8. The summed E-state index contributed by atoms with van der Waals surface area (Å²) in [6.45, 7) is -7.09. The molecule has 0 amide bonds.